The summed E-state index contributed by atoms with van der Waals surface area (Å²) in [4.78, 5) is 29.7. The van der Waals surface area contributed by atoms with Crippen LogP contribution in [0.15, 0.2) is 103 Å². The molecule has 0 aliphatic heterocycles. The number of hydrogen-bond donors (Lipinski definition) is 2. The molecule has 9 heteroatoms. The van der Waals surface area contributed by atoms with Gasteiger partial charge < -0.3 is 0 Å². The standard InChI is InChI=1S/C26H21N7O2/c34-25(21-16-27-32(18-21)17-19-10-4-1-5-11-19)29-30-26(35)23-28-24(20-12-6-2-7-13-20)33(31-23)22-14-8-3-9-15-22/h1-16,18H,17H2,(H,29,34)(H,30,35). The quantitative estimate of drug-likeness (QED) is 0.376. The molecule has 0 spiro atoms. The summed E-state index contributed by atoms with van der Waals surface area (Å²) in [6.45, 7) is 0.531. The van der Waals surface area contributed by atoms with Crippen molar-refractivity contribution in [3.8, 4) is 17.1 Å². The van der Waals surface area contributed by atoms with Gasteiger partial charge in [-0.3, -0.25) is 25.1 Å². The van der Waals surface area contributed by atoms with E-state index in [2.05, 4.69) is 26.0 Å². The zero-order valence-corrected chi connectivity index (χ0v) is 18.6. The molecule has 5 aromatic rings. The first-order valence-corrected chi connectivity index (χ1v) is 10.9. The van der Waals surface area contributed by atoms with Gasteiger partial charge in [0.25, 0.3) is 5.91 Å². The molecule has 2 aromatic heterocycles. The molecule has 0 saturated heterocycles. The Morgan fingerprint density at radius 3 is 2.11 bits per heavy atom. The molecule has 35 heavy (non-hydrogen) atoms. The van der Waals surface area contributed by atoms with E-state index in [4.69, 9.17) is 0 Å². The summed E-state index contributed by atoms with van der Waals surface area (Å²) >= 11 is 0. The van der Waals surface area contributed by atoms with Crippen molar-refractivity contribution in [2.75, 3.05) is 0 Å². The number of nitrogens with one attached hydrogen (secondary N) is 2. The minimum absolute atomic E-state index is 0.0761. The van der Waals surface area contributed by atoms with E-state index in [9.17, 15) is 9.59 Å². The van der Waals surface area contributed by atoms with Gasteiger partial charge in [0.15, 0.2) is 5.82 Å². The highest BCUT2D eigenvalue weighted by molar-refractivity contribution is 5.97. The fraction of sp³-hybridized carbons (Fsp3) is 0.0385. The predicted octanol–water partition coefficient (Wildman–Crippen LogP) is 3.25. The van der Waals surface area contributed by atoms with E-state index in [-0.39, 0.29) is 5.82 Å². The lowest BCUT2D eigenvalue weighted by Crippen LogP contribution is -2.42. The van der Waals surface area contributed by atoms with Gasteiger partial charge in [0.2, 0.25) is 5.82 Å². The number of carbonyl (C=O) groups is 2. The third kappa shape index (κ3) is 4.98. The Balaban J connectivity index is 1.30. The largest absolute Gasteiger partial charge is 0.309 e. The van der Waals surface area contributed by atoms with Gasteiger partial charge in [-0.1, -0.05) is 78.9 Å². The summed E-state index contributed by atoms with van der Waals surface area (Å²) in [5.41, 5.74) is 7.72. The Kier molecular flexibility index (Phi) is 6.12. The SMILES string of the molecule is O=C(NNC(=O)c1nc(-c2ccccc2)n(-c2ccccc2)n1)c1cnn(Cc2ccccc2)c1. The van der Waals surface area contributed by atoms with Gasteiger partial charge in [-0.25, -0.2) is 9.67 Å². The van der Waals surface area contributed by atoms with E-state index in [0.717, 1.165) is 16.8 Å². The molecule has 0 bridgehead atoms. The number of amides is 2. The summed E-state index contributed by atoms with van der Waals surface area (Å²) < 4.78 is 3.25. The van der Waals surface area contributed by atoms with Crippen molar-refractivity contribution >= 4 is 11.8 Å². The first-order valence-electron chi connectivity index (χ1n) is 10.9. The van der Waals surface area contributed by atoms with Crippen molar-refractivity contribution in [3.05, 3.63) is 120 Å². The van der Waals surface area contributed by atoms with E-state index in [1.165, 1.54) is 6.20 Å². The van der Waals surface area contributed by atoms with E-state index in [1.54, 1.807) is 15.6 Å². The number of hydrazine groups is 1. The summed E-state index contributed by atoms with van der Waals surface area (Å²) in [6.07, 6.45) is 3.06. The van der Waals surface area contributed by atoms with Crippen LogP contribution in [-0.4, -0.2) is 36.4 Å². The second-order valence-electron chi connectivity index (χ2n) is 7.69. The predicted molar refractivity (Wildman–Crippen MR) is 129 cm³/mol. The van der Waals surface area contributed by atoms with Crippen LogP contribution in [0.2, 0.25) is 0 Å². The zero-order valence-electron chi connectivity index (χ0n) is 18.6. The molecule has 0 aliphatic carbocycles. The first-order chi connectivity index (χ1) is 17.2. The van der Waals surface area contributed by atoms with Crippen LogP contribution < -0.4 is 10.9 Å². The maximum absolute atomic E-state index is 12.8. The summed E-state index contributed by atoms with van der Waals surface area (Å²) in [5, 5.41) is 8.60. The Hall–Kier alpha value is -5.05. The maximum atomic E-state index is 12.8. The average molecular weight is 464 g/mol. The van der Waals surface area contributed by atoms with Gasteiger partial charge in [-0.05, 0) is 17.7 Å². The highest BCUT2D eigenvalue weighted by Crippen LogP contribution is 2.20. The van der Waals surface area contributed by atoms with Crippen LogP contribution in [0.1, 0.15) is 26.5 Å². The van der Waals surface area contributed by atoms with Crippen molar-refractivity contribution in [1.29, 1.82) is 0 Å². The Labute approximate surface area is 201 Å². The maximum Gasteiger partial charge on any atom is 0.309 e. The molecule has 0 atom stereocenters. The molecule has 2 amide bonds. The number of para-hydroxylation sites is 1. The van der Waals surface area contributed by atoms with Crippen LogP contribution >= 0.6 is 0 Å². The molecular weight excluding hydrogens is 442 g/mol. The highest BCUT2D eigenvalue weighted by Gasteiger charge is 2.19. The summed E-state index contributed by atoms with van der Waals surface area (Å²) in [5.74, 6) is -0.700. The van der Waals surface area contributed by atoms with Crippen LogP contribution in [0.3, 0.4) is 0 Å². The van der Waals surface area contributed by atoms with Crippen molar-refractivity contribution in [1.82, 2.24) is 35.4 Å². The Morgan fingerprint density at radius 2 is 1.40 bits per heavy atom. The molecule has 0 unspecified atom stereocenters. The van der Waals surface area contributed by atoms with Crippen LogP contribution in [0.25, 0.3) is 17.1 Å². The van der Waals surface area contributed by atoms with Gasteiger partial charge in [0.05, 0.1) is 24.0 Å². The molecule has 5 rings (SSSR count). The molecule has 0 aliphatic rings. The molecule has 2 N–H and O–H groups in total. The monoisotopic (exact) mass is 463 g/mol. The molecule has 2 heterocycles. The normalized spacial score (nSPS) is 10.6. The zero-order chi connectivity index (χ0) is 24.0. The Bertz CT molecular complexity index is 1390. The van der Waals surface area contributed by atoms with E-state index in [1.807, 2.05) is 91.0 Å². The summed E-state index contributed by atoms with van der Waals surface area (Å²) in [7, 11) is 0. The first kappa shape index (κ1) is 21.8. The van der Waals surface area contributed by atoms with Gasteiger partial charge in [-0.15, -0.1) is 5.10 Å². The average Bonchev–Trinajstić information content (AvgIpc) is 3.57. The van der Waals surface area contributed by atoms with Gasteiger partial charge in [0, 0.05) is 11.8 Å². The summed E-state index contributed by atoms with van der Waals surface area (Å²) in [6, 6.07) is 28.6. The van der Waals surface area contributed by atoms with E-state index < -0.39 is 11.8 Å². The lowest BCUT2D eigenvalue weighted by Gasteiger charge is -2.05. The minimum atomic E-state index is -0.637. The topological polar surface area (TPSA) is 107 Å². The van der Waals surface area contributed by atoms with Crippen molar-refractivity contribution in [3.63, 3.8) is 0 Å². The molecule has 172 valence electrons. The smallest absolute Gasteiger partial charge is 0.268 e. The lowest BCUT2D eigenvalue weighted by atomic mass is 10.2. The van der Waals surface area contributed by atoms with Gasteiger partial charge in [-0.2, -0.15) is 5.10 Å². The highest BCUT2D eigenvalue weighted by atomic mass is 16.2. The fourth-order valence-electron chi connectivity index (χ4n) is 3.51. The fourth-order valence-corrected chi connectivity index (χ4v) is 3.51. The number of benzene rings is 3. The van der Waals surface area contributed by atoms with Crippen LogP contribution in [0, 0.1) is 0 Å². The van der Waals surface area contributed by atoms with E-state index in [0.29, 0.717) is 17.9 Å². The van der Waals surface area contributed by atoms with Gasteiger partial charge >= 0.3 is 5.91 Å². The Morgan fingerprint density at radius 1 is 0.771 bits per heavy atom. The number of nitrogens with zero attached hydrogens (tertiary/aromatic N) is 5. The number of aromatic nitrogens is 5. The molecule has 3 aromatic carbocycles. The van der Waals surface area contributed by atoms with Gasteiger partial charge in [0.1, 0.15) is 0 Å². The van der Waals surface area contributed by atoms with E-state index >= 15 is 0 Å². The number of carbonyl (C=O) groups excluding carboxylic acids is 2. The molecule has 0 radical (unpaired) electrons. The second kappa shape index (κ2) is 9.84. The van der Waals surface area contributed by atoms with Crippen LogP contribution in [0.4, 0.5) is 0 Å². The molecule has 0 saturated carbocycles. The van der Waals surface area contributed by atoms with Crippen LogP contribution in [-0.2, 0) is 6.54 Å². The molecular formula is C26H21N7O2. The van der Waals surface area contributed by atoms with Crippen molar-refractivity contribution in [2.45, 2.75) is 6.54 Å². The van der Waals surface area contributed by atoms with Crippen molar-refractivity contribution in [2.24, 2.45) is 0 Å². The number of rotatable bonds is 6. The third-order valence-electron chi connectivity index (χ3n) is 5.22. The lowest BCUT2D eigenvalue weighted by molar-refractivity contribution is 0.0841. The molecule has 9 nitrogen and oxygen atoms in total. The minimum Gasteiger partial charge on any atom is -0.268 e. The molecule has 0 fully saturated rings. The van der Waals surface area contributed by atoms with Crippen LogP contribution in [0.5, 0.6) is 0 Å². The number of hydrogen-bond acceptors (Lipinski definition) is 5. The van der Waals surface area contributed by atoms with Crippen molar-refractivity contribution < 1.29 is 9.59 Å². The third-order valence-corrected chi connectivity index (χ3v) is 5.22. The second-order valence-corrected chi connectivity index (χ2v) is 7.69.